The zero-order valence-electron chi connectivity index (χ0n) is 14.3. The summed E-state index contributed by atoms with van der Waals surface area (Å²) in [5, 5.41) is 18.3. The van der Waals surface area contributed by atoms with Crippen LogP contribution in [-0.2, 0) is 9.53 Å². The number of hydrogen-bond acceptors (Lipinski definition) is 4. The summed E-state index contributed by atoms with van der Waals surface area (Å²) >= 11 is 0. The van der Waals surface area contributed by atoms with Crippen LogP contribution in [0.2, 0.25) is 0 Å². The first-order valence-corrected chi connectivity index (χ1v) is 8.34. The minimum absolute atomic E-state index is 0.0815. The van der Waals surface area contributed by atoms with Crippen LogP contribution in [0.1, 0.15) is 53.4 Å². The third-order valence-corrected chi connectivity index (χ3v) is 5.93. The van der Waals surface area contributed by atoms with Gasteiger partial charge in [-0.05, 0) is 42.9 Å². The van der Waals surface area contributed by atoms with Crippen molar-refractivity contribution in [3.8, 4) is 0 Å². The van der Waals surface area contributed by atoms with Crippen molar-refractivity contribution in [2.24, 2.45) is 22.7 Å². The summed E-state index contributed by atoms with van der Waals surface area (Å²) in [4.78, 5) is 12.6. The Bertz CT molecular complexity index is 454. The van der Waals surface area contributed by atoms with E-state index in [1.165, 1.54) is 6.42 Å². The number of fused-ring (bicyclic) bond motifs is 1. The molecule has 0 aliphatic heterocycles. The topological polar surface area (TPSA) is 66.8 Å². The largest absolute Gasteiger partial charge is 0.462 e. The summed E-state index contributed by atoms with van der Waals surface area (Å²) < 4.78 is 5.30. The molecule has 0 aromatic heterocycles. The number of ether oxygens (including phenoxy) is 1. The van der Waals surface area contributed by atoms with Crippen molar-refractivity contribution in [2.75, 3.05) is 13.2 Å². The highest BCUT2D eigenvalue weighted by Gasteiger charge is 2.54. The first-order chi connectivity index (χ1) is 10.2. The Kier molecular flexibility index (Phi) is 5.03. The van der Waals surface area contributed by atoms with Crippen LogP contribution in [0.3, 0.4) is 0 Å². The summed E-state index contributed by atoms with van der Waals surface area (Å²) in [6.07, 6.45) is 5.59. The lowest BCUT2D eigenvalue weighted by Gasteiger charge is -2.55. The van der Waals surface area contributed by atoms with Gasteiger partial charge in [-0.25, -0.2) is 0 Å². The van der Waals surface area contributed by atoms with E-state index in [0.29, 0.717) is 5.92 Å². The Morgan fingerprint density at radius 2 is 2.09 bits per heavy atom. The molecule has 4 heteroatoms. The van der Waals surface area contributed by atoms with Gasteiger partial charge in [-0.2, -0.15) is 0 Å². The molecule has 0 aromatic rings. The van der Waals surface area contributed by atoms with Crippen LogP contribution in [0, 0.1) is 22.7 Å². The maximum atomic E-state index is 12.6. The van der Waals surface area contributed by atoms with Gasteiger partial charge < -0.3 is 14.9 Å². The van der Waals surface area contributed by atoms with E-state index < -0.39 is 6.10 Å². The minimum atomic E-state index is -0.997. The Balaban J connectivity index is 2.23. The van der Waals surface area contributed by atoms with E-state index in [1.807, 2.05) is 6.92 Å². The van der Waals surface area contributed by atoms with Crippen molar-refractivity contribution in [1.82, 2.24) is 0 Å². The molecule has 2 aliphatic carbocycles. The van der Waals surface area contributed by atoms with Gasteiger partial charge in [-0.1, -0.05) is 38.8 Å². The third kappa shape index (κ3) is 3.09. The van der Waals surface area contributed by atoms with E-state index >= 15 is 0 Å². The summed E-state index contributed by atoms with van der Waals surface area (Å²) in [5.74, 6) is -0.0272. The lowest BCUT2D eigenvalue weighted by molar-refractivity contribution is -0.161. The zero-order chi connectivity index (χ0) is 16.5. The van der Waals surface area contributed by atoms with Crippen molar-refractivity contribution in [3.63, 3.8) is 0 Å². The number of aliphatic hydroxyl groups is 2. The molecule has 4 nitrogen and oxygen atoms in total. The maximum absolute atomic E-state index is 12.6. The normalized spacial score (nSPS) is 35.3. The molecule has 2 N–H and O–H groups in total. The Labute approximate surface area is 133 Å². The van der Waals surface area contributed by atoms with E-state index in [2.05, 4.69) is 26.8 Å². The molecule has 22 heavy (non-hydrogen) atoms. The van der Waals surface area contributed by atoms with Gasteiger partial charge in [0, 0.05) is 0 Å². The first kappa shape index (κ1) is 17.5. The summed E-state index contributed by atoms with van der Waals surface area (Å²) in [6, 6.07) is 0. The zero-order valence-corrected chi connectivity index (χ0v) is 14.3. The molecule has 0 spiro atoms. The van der Waals surface area contributed by atoms with Gasteiger partial charge in [0.2, 0.25) is 0 Å². The van der Waals surface area contributed by atoms with Crippen LogP contribution in [0.15, 0.2) is 11.6 Å². The first-order valence-electron chi connectivity index (χ1n) is 8.34. The van der Waals surface area contributed by atoms with Crippen LogP contribution in [0.25, 0.3) is 0 Å². The standard InChI is InChI=1S/C18H30O4/c1-12-6-7-14-17(2,3)8-5-9-18(14,4)15(12)16(21)22-11-13(20)10-19/h6,13-15,19-20H,5,7-11H2,1-4H3/t13-,14?,15+,18-/m0/s1. The van der Waals surface area contributed by atoms with Crippen molar-refractivity contribution >= 4 is 5.97 Å². The number of allylic oxidation sites excluding steroid dienone is 1. The molecule has 1 unspecified atom stereocenters. The second-order valence-corrected chi connectivity index (χ2v) is 7.98. The molecular weight excluding hydrogens is 280 g/mol. The molecule has 0 saturated heterocycles. The molecule has 0 radical (unpaired) electrons. The van der Waals surface area contributed by atoms with Crippen LogP contribution < -0.4 is 0 Å². The smallest absolute Gasteiger partial charge is 0.313 e. The maximum Gasteiger partial charge on any atom is 0.313 e. The third-order valence-electron chi connectivity index (χ3n) is 5.93. The Morgan fingerprint density at radius 3 is 2.73 bits per heavy atom. The van der Waals surface area contributed by atoms with Gasteiger partial charge in [-0.3, -0.25) is 4.79 Å². The number of hydrogen-bond donors (Lipinski definition) is 2. The second kappa shape index (κ2) is 6.32. The number of carbonyl (C=O) groups excluding carboxylic acids is 1. The average molecular weight is 310 g/mol. The van der Waals surface area contributed by atoms with E-state index in [-0.39, 0.29) is 35.9 Å². The SMILES string of the molecule is CC1=CCC2C(C)(C)CCC[C@]2(C)[C@H]1C(=O)OC[C@@H](O)CO. The Hall–Kier alpha value is -0.870. The van der Waals surface area contributed by atoms with Crippen molar-refractivity contribution in [2.45, 2.75) is 59.5 Å². The minimum Gasteiger partial charge on any atom is -0.462 e. The summed E-state index contributed by atoms with van der Waals surface area (Å²) in [6.45, 7) is 8.33. The lowest BCUT2D eigenvalue weighted by Crippen LogP contribution is -2.51. The molecular formula is C18H30O4. The molecule has 1 fully saturated rings. The van der Waals surface area contributed by atoms with Gasteiger partial charge in [0.05, 0.1) is 12.5 Å². The van der Waals surface area contributed by atoms with Crippen molar-refractivity contribution < 1.29 is 19.7 Å². The molecule has 0 bridgehead atoms. The van der Waals surface area contributed by atoms with E-state index in [9.17, 15) is 9.90 Å². The fourth-order valence-electron chi connectivity index (χ4n) is 4.81. The number of carbonyl (C=O) groups is 1. The number of aliphatic hydroxyl groups excluding tert-OH is 2. The molecule has 2 aliphatic rings. The molecule has 0 heterocycles. The van der Waals surface area contributed by atoms with Gasteiger partial charge in [0.1, 0.15) is 12.7 Å². The second-order valence-electron chi connectivity index (χ2n) is 7.98. The van der Waals surface area contributed by atoms with Crippen LogP contribution in [0.5, 0.6) is 0 Å². The van der Waals surface area contributed by atoms with Crippen LogP contribution in [-0.4, -0.2) is 35.5 Å². The lowest BCUT2D eigenvalue weighted by atomic mass is 9.49. The fraction of sp³-hybridized carbons (Fsp3) is 0.833. The molecule has 2 rings (SSSR count). The quantitative estimate of drug-likeness (QED) is 0.619. The average Bonchev–Trinajstić information content (AvgIpc) is 2.43. The van der Waals surface area contributed by atoms with Crippen molar-refractivity contribution in [1.29, 1.82) is 0 Å². The van der Waals surface area contributed by atoms with Crippen LogP contribution in [0.4, 0.5) is 0 Å². The number of esters is 1. The Morgan fingerprint density at radius 1 is 1.41 bits per heavy atom. The molecule has 126 valence electrons. The highest BCUT2D eigenvalue weighted by atomic mass is 16.5. The summed E-state index contributed by atoms with van der Waals surface area (Å²) in [5.41, 5.74) is 1.23. The van der Waals surface area contributed by atoms with Gasteiger partial charge in [0.25, 0.3) is 0 Å². The van der Waals surface area contributed by atoms with E-state index in [1.54, 1.807) is 0 Å². The molecule has 4 atom stereocenters. The molecule has 0 aromatic carbocycles. The number of rotatable bonds is 4. The van der Waals surface area contributed by atoms with E-state index in [0.717, 1.165) is 24.8 Å². The highest BCUT2D eigenvalue weighted by Crippen LogP contribution is 2.59. The van der Waals surface area contributed by atoms with Crippen molar-refractivity contribution in [3.05, 3.63) is 11.6 Å². The monoisotopic (exact) mass is 310 g/mol. The van der Waals surface area contributed by atoms with Gasteiger partial charge in [-0.15, -0.1) is 0 Å². The fourth-order valence-corrected chi connectivity index (χ4v) is 4.81. The van der Waals surface area contributed by atoms with Gasteiger partial charge >= 0.3 is 5.97 Å². The summed E-state index contributed by atoms with van der Waals surface area (Å²) in [7, 11) is 0. The molecule has 0 amide bonds. The van der Waals surface area contributed by atoms with Crippen LogP contribution >= 0.6 is 0 Å². The highest BCUT2D eigenvalue weighted by molar-refractivity contribution is 5.77. The van der Waals surface area contributed by atoms with E-state index in [4.69, 9.17) is 9.84 Å². The van der Waals surface area contributed by atoms with Gasteiger partial charge in [0.15, 0.2) is 0 Å². The predicted molar refractivity (Wildman–Crippen MR) is 85.1 cm³/mol. The predicted octanol–water partition coefficient (Wildman–Crippen LogP) is 2.68. The molecule has 1 saturated carbocycles.